The van der Waals surface area contributed by atoms with Crippen molar-refractivity contribution in [2.75, 3.05) is 0 Å². The van der Waals surface area contributed by atoms with Gasteiger partial charge in [-0.25, -0.2) is 9.78 Å². The fourth-order valence-electron chi connectivity index (χ4n) is 4.04. The largest absolute Gasteiger partial charge is 0.465 e. The number of hydrogen-bond donors (Lipinski definition) is 2. The van der Waals surface area contributed by atoms with Crippen LogP contribution in [0.4, 0.5) is 4.79 Å². The van der Waals surface area contributed by atoms with Crippen molar-refractivity contribution in [1.29, 1.82) is 0 Å². The number of carbonyl (C=O) groups excluding carboxylic acids is 1. The number of hydrogen-bond acceptors (Lipinski definition) is 4. The summed E-state index contributed by atoms with van der Waals surface area (Å²) in [5, 5.41) is 10.6. The summed E-state index contributed by atoms with van der Waals surface area (Å²) in [7, 11) is 0. The van der Waals surface area contributed by atoms with E-state index in [1.165, 1.54) is 33.7 Å². The van der Waals surface area contributed by atoms with E-state index in [2.05, 4.69) is 0 Å². The first kappa shape index (κ1) is 25.5. The maximum Gasteiger partial charge on any atom is 0.408 e. The molecule has 34 heavy (non-hydrogen) atoms. The number of rotatable bonds is 6. The molecule has 8 nitrogen and oxygen atoms in total. The molecule has 0 aliphatic rings. The van der Waals surface area contributed by atoms with Crippen molar-refractivity contribution < 1.29 is 14.7 Å². The Morgan fingerprint density at radius 2 is 1.82 bits per heavy atom. The van der Waals surface area contributed by atoms with Gasteiger partial charge in [0.25, 0.3) is 5.56 Å². The normalized spacial score (nSPS) is 12.5. The lowest BCUT2D eigenvalue weighted by Gasteiger charge is -2.40. The van der Waals surface area contributed by atoms with Gasteiger partial charge in [0.1, 0.15) is 5.82 Å². The molecule has 0 saturated heterocycles. The van der Waals surface area contributed by atoms with E-state index in [0.29, 0.717) is 18.5 Å². The van der Waals surface area contributed by atoms with Crippen LogP contribution in [0.2, 0.25) is 10.0 Å². The van der Waals surface area contributed by atoms with E-state index < -0.39 is 29.1 Å². The molecule has 0 fully saturated rings. The van der Waals surface area contributed by atoms with Gasteiger partial charge < -0.3 is 10.8 Å². The van der Waals surface area contributed by atoms with Crippen LogP contribution in [0.3, 0.4) is 0 Å². The summed E-state index contributed by atoms with van der Waals surface area (Å²) >= 11 is 12.8. The van der Waals surface area contributed by atoms with Gasteiger partial charge in [-0.2, -0.15) is 0 Å². The summed E-state index contributed by atoms with van der Waals surface area (Å²) in [6.07, 6.45) is -0.159. The van der Waals surface area contributed by atoms with Gasteiger partial charge in [0.2, 0.25) is 5.91 Å². The third kappa shape index (κ3) is 4.74. The third-order valence-corrected chi connectivity index (χ3v) is 6.06. The third-order valence-electron chi connectivity index (χ3n) is 5.44. The van der Waals surface area contributed by atoms with E-state index in [9.17, 15) is 19.5 Å². The summed E-state index contributed by atoms with van der Waals surface area (Å²) in [5.41, 5.74) is 4.79. The number of aromatic nitrogens is 2. The molecule has 0 aliphatic carbocycles. The molecule has 0 saturated carbocycles. The maximum atomic E-state index is 13.9. The molecular weight excluding hydrogens is 479 g/mol. The summed E-state index contributed by atoms with van der Waals surface area (Å²) in [4.78, 5) is 44.1. The SMILES string of the molecule is CCC[C@@H](c1nc2c(Cl)ccc(Cl)c2c(=O)n1-c1cccc(C(N)=O)c1)N(C(=O)O)C(C)(C)C. The van der Waals surface area contributed by atoms with Crippen molar-refractivity contribution >= 4 is 46.1 Å². The smallest absolute Gasteiger partial charge is 0.408 e. The number of carbonyl (C=O) groups is 2. The van der Waals surface area contributed by atoms with Crippen molar-refractivity contribution in [2.24, 2.45) is 5.73 Å². The average molecular weight is 505 g/mol. The Morgan fingerprint density at radius 3 is 2.38 bits per heavy atom. The van der Waals surface area contributed by atoms with Gasteiger partial charge in [-0.05, 0) is 57.5 Å². The molecule has 1 aromatic heterocycles. The van der Waals surface area contributed by atoms with E-state index in [1.807, 2.05) is 6.92 Å². The molecule has 0 radical (unpaired) electrons. The molecule has 0 unspecified atom stereocenters. The Hall–Kier alpha value is -3.10. The number of amides is 2. The minimum atomic E-state index is -1.16. The second-order valence-corrected chi connectivity index (χ2v) is 9.72. The lowest BCUT2D eigenvalue weighted by Crippen LogP contribution is -2.48. The zero-order valence-corrected chi connectivity index (χ0v) is 20.8. The minimum absolute atomic E-state index is 0.0928. The number of nitrogens with two attached hydrogens (primary N) is 1. The molecular formula is C24H26Cl2N4O4. The summed E-state index contributed by atoms with van der Waals surface area (Å²) in [6, 6.07) is 8.43. The average Bonchev–Trinajstić information content (AvgIpc) is 2.74. The van der Waals surface area contributed by atoms with Crippen LogP contribution < -0.4 is 11.3 Å². The van der Waals surface area contributed by atoms with Crippen LogP contribution >= 0.6 is 23.2 Å². The van der Waals surface area contributed by atoms with Crippen molar-refractivity contribution in [3.8, 4) is 5.69 Å². The van der Waals surface area contributed by atoms with E-state index in [4.69, 9.17) is 33.9 Å². The Kier molecular flexibility index (Phi) is 7.24. The lowest BCUT2D eigenvalue weighted by atomic mass is 9.99. The monoisotopic (exact) mass is 504 g/mol. The Morgan fingerprint density at radius 1 is 1.18 bits per heavy atom. The molecule has 180 valence electrons. The van der Waals surface area contributed by atoms with Gasteiger partial charge in [-0.1, -0.05) is 42.6 Å². The molecule has 0 bridgehead atoms. The van der Waals surface area contributed by atoms with Gasteiger partial charge >= 0.3 is 6.09 Å². The van der Waals surface area contributed by atoms with Crippen LogP contribution in [0, 0.1) is 0 Å². The van der Waals surface area contributed by atoms with E-state index in [0.717, 1.165) is 0 Å². The molecule has 3 N–H and O–H groups in total. The number of carboxylic acid groups (broad SMARTS) is 1. The zero-order chi connectivity index (χ0) is 25.4. The van der Waals surface area contributed by atoms with Crippen LogP contribution in [0.1, 0.15) is 62.8 Å². The van der Waals surface area contributed by atoms with E-state index >= 15 is 0 Å². The molecule has 2 aromatic carbocycles. The van der Waals surface area contributed by atoms with Gasteiger partial charge in [0.15, 0.2) is 0 Å². The Balaban J connectivity index is 2.51. The Labute approximate surface area is 206 Å². The first-order valence-corrected chi connectivity index (χ1v) is 11.5. The molecule has 3 aromatic rings. The number of fused-ring (bicyclic) bond motifs is 1. The van der Waals surface area contributed by atoms with Crippen LogP contribution in [0.5, 0.6) is 0 Å². The number of halogens is 2. The van der Waals surface area contributed by atoms with E-state index in [1.54, 1.807) is 32.9 Å². The highest BCUT2D eigenvalue weighted by Crippen LogP contribution is 2.34. The highest BCUT2D eigenvalue weighted by molar-refractivity contribution is 6.39. The van der Waals surface area contributed by atoms with Gasteiger partial charge in [0, 0.05) is 11.1 Å². The molecule has 10 heteroatoms. The Bertz CT molecular complexity index is 1330. The fourth-order valence-corrected chi connectivity index (χ4v) is 4.47. The van der Waals surface area contributed by atoms with Crippen molar-refractivity contribution in [3.63, 3.8) is 0 Å². The van der Waals surface area contributed by atoms with E-state index in [-0.39, 0.29) is 32.3 Å². The summed E-state index contributed by atoms with van der Waals surface area (Å²) in [6.45, 7) is 7.22. The first-order chi connectivity index (χ1) is 15.9. The van der Waals surface area contributed by atoms with Crippen LogP contribution in [-0.4, -0.2) is 37.1 Å². The quantitative estimate of drug-likeness (QED) is 0.464. The molecule has 1 atom stereocenters. The highest BCUT2D eigenvalue weighted by atomic mass is 35.5. The maximum absolute atomic E-state index is 13.9. The van der Waals surface area contributed by atoms with Crippen molar-refractivity contribution in [1.82, 2.24) is 14.5 Å². The number of benzene rings is 2. The van der Waals surface area contributed by atoms with Crippen LogP contribution in [-0.2, 0) is 0 Å². The number of nitrogens with zero attached hydrogens (tertiary/aromatic N) is 3. The zero-order valence-electron chi connectivity index (χ0n) is 19.3. The van der Waals surface area contributed by atoms with Gasteiger partial charge in [-0.3, -0.25) is 19.1 Å². The molecule has 0 spiro atoms. The topological polar surface area (TPSA) is 119 Å². The minimum Gasteiger partial charge on any atom is -0.465 e. The van der Waals surface area contributed by atoms with Crippen LogP contribution in [0.25, 0.3) is 16.6 Å². The van der Waals surface area contributed by atoms with Gasteiger partial charge in [-0.15, -0.1) is 0 Å². The highest BCUT2D eigenvalue weighted by Gasteiger charge is 2.37. The summed E-state index contributed by atoms with van der Waals surface area (Å²) in [5.74, 6) is -0.499. The molecule has 0 aliphatic heterocycles. The molecule has 3 rings (SSSR count). The molecule has 1 heterocycles. The standard InChI is InChI=1S/C24H26Cl2N4O4/c1-5-7-17(30(23(33)34)24(2,3)4)21-28-19-16(26)11-10-15(25)18(19)22(32)29(21)14-9-6-8-13(12-14)20(27)31/h6,8-12,17H,5,7H2,1-4H3,(H2,27,31)(H,33,34)/t17-/m0/s1. The summed E-state index contributed by atoms with van der Waals surface area (Å²) < 4.78 is 1.29. The molecule has 2 amide bonds. The first-order valence-electron chi connectivity index (χ1n) is 10.7. The fraction of sp³-hybridized carbons (Fsp3) is 0.333. The predicted molar refractivity (Wildman–Crippen MR) is 133 cm³/mol. The second-order valence-electron chi connectivity index (χ2n) is 8.91. The number of primary amides is 1. The van der Waals surface area contributed by atoms with Crippen molar-refractivity contribution in [2.45, 2.75) is 52.1 Å². The van der Waals surface area contributed by atoms with Gasteiger partial charge in [0.05, 0.1) is 32.7 Å². The lowest BCUT2D eigenvalue weighted by molar-refractivity contribution is 0.0627. The van der Waals surface area contributed by atoms with Crippen LogP contribution in [0.15, 0.2) is 41.2 Å². The van der Waals surface area contributed by atoms with Crippen molar-refractivity contribution in [3.05, 3.63) is 68.2 Å². The predicted octanol–water partition coefficient (Wildman–Crippen LogP) is 5.41. The second kappa shape index (κ2) is 9.64.